The van der Waals surface area contributed by atoms with Crippen LogP contribution in [0.3, 0.4) is 0 Å². The summed E-state index contributed by atoms with van der Waals surface area (Å²) in [5, 5.41) is 8.88. The Labute approximate surface area is 87.8 Å². The molecule has 1 saturated heterocycles. The van der Waals surface area contributed by atoms with Crippen LogP contribution < -0.4 is 0 Å². The zero-order valence-corrected chi connectivity index (χ0v) is 8.76. The van der Waals surface area contributed by atoms with Crippen molar-refractivity contribution in [2.45, 2.75) is 24.7 Å². The summed E-state index contributed by atoms with van der Waals surface area (Å²) in [5.41, 5.74) is 0.151. The molecule has 0 aromatic carbocycles. The number of carbonyl (C=O) groups excluding carboxylic acids is 1. The molecule has 1 heterocycles. The van der Waals surface area contributed by atoms with Crippen molar-refractivity contribution in [3.8, 4) is 6.07 Å². The first-order chi connectivity index (χ1) is 6.81. The predicted molar refractivity (Wildman–Crippen MR) is 53.6 cm³/mol. The van der Waals surface area contributed by atoms with Gasteiger partial charge < -0.3 is 4.74 Å². The minimum Gasteiger partial charge on any atom is -0.367 e. The standard InChI is InChI=1S/C10H13NO2S/c11-6-7-1-2-9(12)8(7)5-10-13-3-4-14-10/h7-8,10H,1-5H2. The number of ether oxygens (including phenoxy) is 1. The largest absolute Gasteiger partial charge is 0.367 e. The number of rotatable bonds is 2. The quantitative estimate of drug-likeness (QED) is 0.696. The maximum absolute atomic E-state index is 11.5. The van der Waals surface area contributed by atoms with Gasteiger partial charge in [0.1, 0.15) is 11.2 Å². The summed E-state index contributed by atoms with van der Waals surface area (Å²) in [6.07, 6.45) is 2.07. The van der Waals surface area contributed by atoms with E-state index in [4.69, 9.17) is 10.00 Å². The summed E-state index contributed by atoms with van der Waals surface area (Å²) in [4.78, 5) is 11.5. The Morgan fingerprint density at radius 1 is 1.64 bits per heavy atom. The molecule has 1 saturated carbocycles. The minimum absolute atomic E-state index is 0.0596. The van der Waals surface area contributed by atoms with Crippen LogP contribution in [0.15, 0.2) is 0 Å². The molecular formula is C10H13NO2S. The van der Waals surface area contributed by atoms with E-state index >= 15 is 0 Å². The SMILES string of the molecule is N#CC1CCC(=O)C1CC1OCCS1. The lowest BCUT2D eigenvalue weighted by atomic mass is 9.94. The molecule has 0 N–H and O–H groups in total. The molecule has 3 unspecified atom stereocenters. The smallest absolute Gasteiger partial charge is 0.137 e. The summed E-state index contributed by atoms with van der Waals surface area (Å²) in [5.74, 6) is 1.15. The van der Waals surface area contributed by atoms with Crippen LogP contribution in [-0.2, 0) is 9.53 Å². The maximum atomic E-state index is 11.5. The molecule has 4 heteroatoms. The summed E-state index contributed by atoms with van der Waals surface area (Å²) in [6, 6.07) is 2.23. The van der Waals surface area contributed by atoms with Gasteiger partial charge in [0.15, 0.2) is 0 Å². The molecule has 0 spiro atoms. The highest BCUT2D eigenvalue weighted by Gasteiger charge is 2.37. The van der Waals surface area contributed by atoms with E-state index in [-0.39, 0.29) is 23.1 Å². The molecule has 2 rings (SSSR count). The maximum Gasteiger partial charge on any atom is 0.137 e. The molecule has 0 radical (unpaired) electrons. The van der Waals surface area contributed by atoms with Crippen molar-refractivity contribution in [3.05, 3.63) is 0 Å². The summed E-state index contributed by atoms with van der Waals surface area (Å²) >= 11 is 1.76. The highest BCUT2D eigenvalue weighted by molar-refractivity contribution is 7.99. The van der Waals surface area contributed by atoms with Crippen molar-refractivity contribution >= 4 is 17.5 Å². The van der Waals surface area contributed by atoms with Gasteiger partial charge in [-0.25, -0.2) is 0 Å². The molecule has 3 nitrogen and oxygen atoms in total. The third kappa shape index (κ3) is 1.94. The normalized spacial score (nSPS) is 37.4. The number of nitrogens with zero attached hydrogens (tertiary/aromatic N) is 1. The summed E-state index contributed by atoms with van der Waals surface area (Å²) in [7, 11) is 0. The molecule has 2 fully saturated rings. The fraction of sp³-hybridized carbons (Fsp3) is 0.800. The van der Waals surface area contributed by atoms with Crippen LogP contribution in [0.5, 0.6) is 0 Å². The highest BCUT2D eigenvalue weighted by atomic mass is 32.2. The number of hydrogen-bond acceptors (Lipinski definition) is 4. The van der Waals surface area contributed by atoms with Crippen LogP contribution >= 0.6 is 11.8 Å². The Hall–Kier alpha value is -0.530. The van der Waals surface area contributed by atoms with Crippen molar-refractivity contribution in [3.63, 3.8) is 0 Å². The first kappa shape index (κ1) is 10.0. The van der Waals surface area contributed by atoms with Crippen molar-refractivity contribution < 1.29 is 9.53 Å². The fourth-order valence-corrected chi connectivity index (χ4v) is 3.10. The molecule has 0 aromatic rings. The molecule has 2 aliphatic rings. The monoisotopic (exact) mass is 211 g/mol. The second-order valence-electron chi connectivity index (χ2n) is 3.75. The van der Waals surface area contributed by atoms with E-state index in [0.717, 1.165) is 25.2 Å². The Balaban J connectivity index is 1.94. The third-order valence-electron chi connectivity index (χ3n) is 2.90. The van der Waals surface area contributed by atoms with E-state index in [1.54, 1.807) is 11.8 Å². The number of nitriles is 1. The Kier molecular flexibility index (Phi) is 3.09. The van der Waals surface area contributed by atoms with Gasteiger partial charge in [0, 0.05) is 18.1 Å². The Morgan fingerprint density at radius 2 is 2.50 bits per heavy atom. The number of ketones is 1. The number of carbonyl (C=O) groups is 1. The van der Waals surface area contributed by atoms with Crippen LogP contribution in [0.4, 0.5) is 0 Å². The van der Waals surface area contributed by atoms with Gasteiger partial charge >= 0.3 is 0 Å². The van der Waals surface area contributed by atoms with Crippen LogP contribution in [0.25, 0.3) is 0 Å². The van der Waals surface area contributed by atoms with Crippen molar-refractivity contribution in [1.29, 1.82) is 5.26 Å². The molecular weight excluding hydrogens is 198 g/mol. The van der Waals surface area contributed by atoms with Crippen LogP contribution in [0.2, 0.25) is 0 Å². The highest BCUT2D eigenvalue weighted by Crippen LogP contribution is 2.36. The Bertz CT molecular complexity index is 268. The average Bonchev–Trinajstić information content (AvgIpc) is 2.79. The average molecular weight is 211 g/mol. The van der Waals surface area contributed by atoms with Crippen LogP contribution in [0.1, 0.15) is 19.3 Å². The number of hydrogen-bond donors (Lipinski definition) is 0. The molecule has 1 aliphatic carbocycles. The molecule has 14 heavy (non-hydrogen) atoms. The van der Waals surface area contributed by atoms with Crippen molar-refractivity contribution in [2.75, 3.05) is 12.4 Å². The lowest BCUT2D eigenvalue weighted by Crippen LogP contribution is -2.19. The second-order valence-corrected chi connectivity index (χ2v) is 5.02. The van der Waals surface area contributed by atoms with Gasteiger partial charge in [0.25, 0.3) is 0 Å². The number of thioether (sulfide) groups is 1. The van der Waals surface area contributed by atoms with Crippen molar-refractivity contribution in [2.24, 2.45) is 11.8 Å². The number of Topliss-reactive ketones (excluding diaryl/α,β-unsaturated/α-hetero) is 1. The van der Waals surface area contributed by atoms with Gasteiger partial charge in [-0.3, -0.25) is 4.79 Å². The summed E-state index contributed by atoms with van der Waals surface area (Å²) in [6.45, 7) is 0.785. The zero-order chi connectivity index (χ0) is 9.97. The van der Waals surface area contributed by atoms with Gasteiger partial charge in [-0.15, -0.1) is 11.8 Å². The van der Waals surface area contributed by atoms with Gasteiger partial charge in [0.2, 0.25) is 0 Å². The molecule has 0 amide bonds. The van der Waals surface area contributed by atoms with E-state index in [1.807, 2.05) is 0 Å². The Morgan fingerprint density at radius 3 is 3.14 bits per heavy atom. The summed E-state index contributed by atoms with van der Waals surface area (Å²) < 4.78 is 5.46. The van der Waals surface area contributed by atoms with Gasteiger partial charge in [0.05, 0.1) is 18.6 Å². The van der Waals surface area contributed by atoms with Crippen LogP contribution in [0, 0.1) is 23.2 Å². The minimum atomic E-state index is -0.0627. The van der Waals surface area contributed by atoms with Gasteiger partial charge in [-0.1, -0.05) is 0 Å². The molecule has 3 atom stereocenters. The second kappa shape index (κ2) is 4.33. The lowest BCUT2D eigenvalue weighted by Gasteiger charge is -2.15. The van der Waals surface area contributed by atoms with E-state index in [1.165, 1.54) is 0 Å². The van der Waals surface area contributed by atoms with E-state index in [0.29, 0.717) is 6.42 Å². The molecule has 1 aliphatic heterocycles. The van der Waals surface area contributed by atoms with E-state index in [2.05, 4.69) is 6.07 Å². The van der Waals surface area contributed by atoms with Gasteiger partial charge in [-0.05, 0) is 12.8 Å². The molecule has 0 aromatic heterocycles. The lowest BCUT2D eigenvalue weighted by molar-refractivity contribution is -0.121. The van der Waals surface area contributed by atoms with Crippen LogP contribution in [-0.4, -0.2) is 23.6 Å². The van der Waals surface area contributed by atoms with Gasteiger partial charge in [-0.2, -0.15) is 5.26 Å². The first-order valence-electron chi connectivity index (χ1n) is 4.97. The molecule has 76 valence electrons. The fourth-order valence-electron chi connectivity index (χ4n) is 2.11. The predicted octanol–water partition coefficient (Wildman–Crippen LogP) is 1.58. The van der Waals surface area contributed by atoms with Crippen molar-refractivity contribution in [1.82, 2.24) is 0 Å². The zero-order valence-electron chi connectivity index (χ0n) is 7.94. The first-order valence-corrected chi connectivity index (χ1v) is 6.01. The third-order valence-corrected chi connectivity index (χ3v) is 4.01. The topological polar surface area (TPSA) is 50.1 Å². The van der Waals surface area contributed by atoms with E-state index in [9.17, 15) is 4.79 Å². The van der Waals surface area contributed by atoms with E-state index < -0.39 is 0 Å². The molecule has 0 bridgehead atoms.